The van der Waals surface area contributed by atoms with Gasteiger partial charge in [0.05, 0.1) is 16.3 Å². The first-order valence-corrected chi connectivity index (χ1v) is 15.1. The fourth-order valence-electron chi connectivity index (χ4n) is 4.48. The molecule has 3 aromatic rings. The van der Waals surface area contributed by atoms with E-state index < -0.39 is 9.84 Å². The van der Waals surface area contributed by atoms with Crippen LogP contribution in [0.15, 0.2) is 46.3 Å². The van der Waals surface area contributed by atoms with E-state index in [2.05, 4.69) is 9.89 Å². The molecule has 1 fully saturated rings. The summed E-state index contributed by atoms with van der Waals surface area (Å²) in [6, 6.07) is 10.2. The van der Waals surface area contributed by atoms with E-state index in [1.807, 2.05) is 11.6 Å². The Balaban J connectivity index is 1.35. The van der Waals surface area contributed by atoms with Crippen molar-refractivity contribution in [1.29, 1.82) is 0 Å². The van der Waals surface area contributed by atoms with Gasteiger partial charge in [-0.05, 0) is 35.0 Å². The highest BCUT2D eigenvalue weighted by atomic mass is 35.5. The Morgan fingerprint density at radius 2 is 1.71 bits per heavy atom. The summed E-state index contributed by atoms with van der Waals surface area (Å²) in [5.74, 6) is -0.465. The lowest BCUT2D eigenvalue weighted by Gasteiger charge is -2.35. The molecule has 0 atom stereocenters. The van der Waals surface area contributed by atoms with Crippen molar-refractivity contribution >= 4 is 55.4 Å². The molecule has 38 heavy (non-hydrogen) atoms. The number of fused-ring (bicyclic) bond motifs is 1. The predicted molar refractivity (Wildman–Crippen MR) is 150 cm³/mol. The van der Waals surface area contributed by atoms with Crippen molar-refractivity contribution < 1.29 is 18.0 Å². The third-order valence-corrected chi connectivity index (χ3v) is 9.96. The molecular weight excluding hydrogens is 546 g/mol. The van der Waals surface area contributed by atoms with Crippen LogP contribution in [-0.2, 0) is 28.2 Å². The average molecular weight is 578 g/mol. The predicted octanol–water partition coefficient (Wildman–Crippen LogP) is 2.63. The Morgan fingerprint density at radius 1 is 1.05 bits per heavy atom. The molecule has 0 spiro atoms. The highest BCUT2D eigenvalue weighted by Gasteiger charge is 2.26. The van der Waals surface area contributed by atoms with E-state index in [4.69, 9.17) is 11.6 Å². The van der Waals surface area contributed by atoms with E-state index in [1.165, 1.54) is 11.3 Å². The zero-order valence-corrected chi connectivity index (χ0v) is 24.4. The normalized spacial score (nSPS) is 15.3. The van der Waals surface area contributed by atoms with Crippen molar-refractivity contribution in [2.45, 2.75) is 17.9 Å². The Labute approximate surface area is 231 Å². The van der Waals surface area contributed by atoms with E-state index in [9.17, 15) is 18.0 Å². The zero-order valence-electron chi connectivity index (χ0n) is 22.0. The largest absolute Gasteiger partial charge is 0.344 e. The van der Waals surface area contributed by atoms with E-state index in [-0.39, 0.29) is 28.9 Å². The third-order valence-electron chi connectivity index (χ3n) is 6.75. The van der Waals surface area contributed by atoms with E-state index in [0.29, 0.717) is 42.6 Å². The van der Waals surface area contributed by atoms with Crippen LogP contribution in [0, 0.1) is 0 Å². The molecule has 0 unspecified atom stereocenters. The summed E-state index contributed by atoms with van der Waals surface area (Å²) in [6.07, 6.45) is -0.0661. The topological polar surface area (TPSA) is 95.3 Å². The number of benzene rings is 2. The molecule has 12 heteroatoms. The molecule has 1 aliphatic heterocycles. The molecular formula is C26H32ClN5O4S2. The highest BCUT2D eigenvalue weighted by Crippen LogP contribution is 2.24. The van der Waals surface area contributed by atoms with Crippen LogP contribution >= 0.6 is 22.9 Å². The maximum Gasteiger partial charge on any atom is 0.265 e. The summed E-state index contributed by atoms with van der Waals surface area (Å²) >= 11 is 7.39. The van der Waals surface area contributed by atoms with Gasteiger partial charge in [-0.25, -0.2) is 8.42 Å². The average Bonchev–Trinajstić information content (AvgIpc) is 3.21. The fraction of sp³-hybridized carbons (Fsp3) is 0.423. The summed E-state index contributed by atoms with van der Waals surface area (Å²) in [7, 11) is 3.47. The van der Waals surface area contributed by atoms with Gasteiger partial charge in [-0.15, -0.1) is 0 Å². The van der Waals surface area contributed by atoms with Crippen LogP contribution in [0.25, 0.3) is 10.8 Å². The van der Waals surface area contributed by atoms with Crippen LogP contribution in [0.5, 0.6) is 0 Å². The van der Waals surface area contributed by atoms with Gasteiger partial charge in [0.15, 0.2) is 14.6 Å². The number of hydrogen-bond acceptors (Lipinski definition) is 7. The highest BCUT2D eigenvalue weighted by molar-refractivity contribution is 7.91. The summed E-state index contributed by atoms with van der Waals surface area (Å²) in [4.78, 5) is 37.0. The van der Waals surface area contributed by atoms with Crippen molar-refractivity contribution in [2.24, 2.45) is 12.0 Å². The molecule has 0 bridgehead atoms. The molecule has 2 aromatic carbocycles. The second kappa shape index (κ2) is 11.6. The van der Waals surface area contributed by atoms with Crippen LogP contribution < -0.4 is 4.80 Å². The van der Waals surface area contributed by atoms with Crippen LogP contribution in [0.2, 0.25) is 5.02 Å². The number of sulfone groups is 1. The van der Waals surface area contributed by atoms with Crippen molar-refractivity contribution in [3.8, 4) is 0 Å². The number of carbonyl (C=O) groups excluding carboxylic acids is 2. The van der Waals surface area contributed by atoms with Crippen LogP contribution in [-0.4, -0.2) is 92.6 Å². The maximum absolute atomic E-state index is 12.9. The third kappa shape index (κ3) is 6.12. The first kappa shape index (κ1) is 28.3. The van der Waals surface area contributed by atoms with Gasteiger partial charge in [0.2, 0.25) is 5.91 Å². The Hall–Kier alpha value is -2.73. The monoisotopic (exact) mass is 577 g/mol. The van der Waals surface area contributed by atoms with Crippen LogP contribution in [0.1, 0.15) is 21.8 Å². The van der Waals surface area contributed by atoms with E-state index in [0.717, 1.165) is 21.3 Å². The Kier molecular flexibility index (Phi) is 8.61. The van der Waals surface area contributed by atoms with Gasteiger partial charge in [-0.3, -0.25) is 19.5 Å². The zero-order chi connectivity index (χ0) is 27.6. The summed E-state index contributed by atoms with van der Waals surface area (Å²) in [5.41, 5.74) is 0.901. The molecule has 0 N–H and O–H groups in total. The number of hydrogen-bond donors (Lipinski definition) is 0. The second-order valence-electron chi connectivity index (χ2n) is 9.52. The maximum atomic E-state index is 12.9. The number of rotatable bonds is 7. The van der Waals surface area contributed by atoms with Gasteiger partial charge in [0.1, 0.15) is 4.88 Å². The SMILES string of the molecule is C/N=c1\sc(C(=O)N(C)C)c(CN2CCN(C(=O)CCS(=O)(=O)c3ccc4cc(Cl)ccc4c3)CC2)n1C. The number of piperazine rings is 1. The minimum atomic E-state index is -3.61. The van der Waals surface area contributed by atoms with Crippen molar-refractivity contribution in [2.75, 3.05) is 53.1 Å². The molecule has 204 valence electrons. The van der Waals surface area contributed by atoms with Gasteiger partial charge < -0.3 is 14.4 Å². The number of nitrogens with zero attached hydrogens (tertiary/aromatic N) is 5. The number of carbonyl (C=O) groups is 2. The molecule has 0 radical (unpaired) electrons. The summed E-state index contributed by atoms with van der Waals surface area (Å²) in [5, 5.41) is 2.23. The lowest BCUT2D eigenvalue weighted by molar-refractivity contribution is -0.132. The number of thiazole rings is 1. The smallest absolute Gasteiger partial charge is 0.265 e. The minimum Gasteiger partial charge on any atom is -0.344 e. The number of aromatic nitrogens is 1. The van der Waals surface area contributed by atoms with Gasteiger partial charge in [-0.2, -0.15) is 0 Å². The van der Waals surface area contributed by atoms with Crippen molar-refractivity contribution in [3.05, 3.63) is 56.8 Å². The lowest BCUT2D eigenvalue weighted by Crippen LogP contribution is -2.48. The fourth-order valence-corrected chi connectivity index (χ4v) is 7.03. The molecule has 2 heterocycles. The molecule has 1 saturated heterocycles. The van der Waals surface area contributed by atoms with Crippen molar-refractivity contribution in [3.63, 3.8) is 0 Å². The van der Waals surface area contributed by atoms with Gasteiger partial charge >= 0.3 is 0 Å². The standard InChI is InChI=1S/C26H32ClN5O4S2/c1-28-26-30(4)22(24(37-26)25(34)29(2)3)17-31-10-12-32(13-11-31)23(33)9-14-38(35,36)21-8-6-18-15-20(27)7-5-19(18)16-21/h5-8,15-16H,9-14,17H2,1-4H3/b28-26-. The first-order chi connectivity index (χ1) is 18.0. The molecule has 0 aliphatic carbocycles. The summed E-state index contributed by atoms with van der Waals surface area (Å²) in [6.45, 7) is 2.85. The molecule has 4 rings (SSSR count). The molecule has 0 saturated carbocycles. The molecule has 1 aromatic heterocycles. The van der Waals surface area contributed by atoms with Gasteiger partial charge in [-0.1, -0.05) is 35.1 Å². The number of amides is 2. The quantitative estimate of drug-likeness (QED) is 0.430. The van der Waals surface area contributed by atoms with Gasteiger partial charge in [0, 0.05) is 72.4 Å². The minimum absolute atomic E-state index is 0.0549. The lowest BCUT2D eigenvalue weighted by atomic mass is 10.1. The van der Waals surface area contributed by atoms with Crippen molar-refractivity contribution in [1.82, 2.24) is 19.3 Å². The van der Waals surface area contributed by atoms with E-state index in [1.54, 1.807) is 67.3 Å². The van der Waals surface area contributed by atoms with Crippen LogP contribution in [0.4, 0.5) is 0 Å². The molecule has 9 nitrogen and oxygen atoms in total. The van der Waals surface area contributed by atoms with Gasteiger partial charge in [0.25, 0.3) is 5.91 Å². The number of halogens is 1. The first-order valence-electron chi connectivity index (χ1n) is 12.3. The molecule has 1 aliphatic rings. The Morgan fingerprint density at radius 3 is 2.37 bits per heavy atom. The Bertz CT molecular complexity index is 1540. The second-order valence-corrected chi connectivity index (χ2v) is 13.0. The van der Waals surface area contributed by atoms with Crippen LogP contribution in [0.3, 0.4) is 0 Å². The van der Waals surface area contributed by atoms with E-state index >= 15 is 0 Å². The summed E-state index contributed by atoms with van der Waals surface area (Å²) < 4.78 is 27.8. The molecule has 2 amide bonds.